The number of methoxy groups -OCH3 is 1. The lowest BCUT2D eigenvalue weighted by atomic mass is 9.82. The lowest BCUT2D eigenvalue weighted by Gasteiger charge is -2.33. The first-order chi connectivity index (χ1) is 16.9. The Morgan fingerprint density at radius 1 is 1.06 bits per heavy atom. The quantitative estimate of drug-likeness (QED) is 0.414. The Labute approximate surface area is 219 Å². The van der Waals surface area contributed by atoms with E-state index in [0.717, 1.165) is 43.4 Å². The Kier molecular flexibility index (Phi) is 9.44. The van der Waals surface area contributed by atoms with E-state index in [1.54, 1.807) is 25.8 Å². The van der Waals surface area contributed by atoms with Gasteiger partial charge in [0.1, 0.15) is 10.6 Å². The number of amides is 1. The van der Waals surface area contributed by atoms with Crippen molar-refractivity contribution in [3.05, 3.63) is 16.5 Å². The molecule has 1 aliphatic carbocycles. The molecule has 1 saturated heterocycles. The molecule has 1 amide bonds. The summed E-state index contributed by atoms with van der Waals surface area (Å²) in [6, 6.07) is 1.82. The van der Waals surface area contributed by atoms with E-state index in [1.165, 1.54) is 18.4 Å². The molecule has 1 aliphatic heterocycles. The molecule has 0 bridgehead atoms. The number of thiophene rings is 1. The number of esters is 1. The second-order valence-electron chi connectivity index (χ2n) is 11.4. The standard InChI is InChI=1S/C27H42N2O6S/c1-17(2)29(23(30)20-10-8-18(3)9-11-20)24-21(25(31)33-7)16-22(36-24)19-12-14-28(15-13-19)35-26(32)34-27(4,5)6/h16-20H,8-15H2,1-7H3/t18-,20-. The Bertz CT molecular complexity index is 921. The third-order valence-corrected chi connectivity index (χ3v) is 8.22. The van der Waals surface area contributed by atoms with E-state index in [0.29, 0.717) is 29.6 Å². The molecule has 0 spiro atoms. The summed E-state index contributed by atoms with van der Waals surface area (Å²) in [5.41, 5.74) is -0.154. The molecule has 1 aromatic heterocycles. The van der Waals surface area contributed by atoms with Crippen molar-refractivity contribution in [3.63, 3.8) is 0 Å². The summed E-state index contributed by atoms with van der Waals surface area (Å²) >= 11 is 1.52. The first-order valence-electron chi connectivity index (χ1n) is 13.1. The predicted molar refractivity (Wildman–Crippen MR) is 140 cm³/mol. The third-order valence-electron chi connectivity index (χ3n) is 6.92. The van der Waals surface area contributed by atoms with E-state index in [1.807, 2.05) is 24.8 Å². The Morgan fingerprint density at radius 3 is 2.19 bits per heavy atom. The molecule has 2 heterocycles. The zero-order valence-corrected chi connectivity index (χ0v) is 23.6. The molecule has 9 heteroatoms. The van der Waals surface area contributed by atoms with Crippen LogP contribution in [0.2, 0.25) is 0 Å². The van der Waals surface area contributed by atoms with Gasteiger partial charge in [0.2, 0.25) is 5.91 Å². The van der Waals surface area contributed by atoms with E-state index in [-0.39, 0.29) is 23.8 Å². The molecule has 8 nitrogen and oxygen atoms in total. The highest BCUT2D eigenvalue weighted by Crippen LogP contribution is 2.42. The third kappa shape index (κ3) is 7.22. The van der Waals surface area contributed by atoms with E-state index < -0.39 is 17.7 Å². The number of carbonyl (C=O) groups excluding carboxylic acids is 3. The minimum atomic E-state index is -0.699. The number of carbonyl (C=O) groups is 3. The zero-order chi connectivity index (χ0) is 26.6. The van der Waals surface area contributed by atoms with Gasteiger partial charge in [0.05, 0.1) is 12.7 Å². The molecule has 202 valence electrons. The average molecular weight is 523 g/mol. The van der Waals surface area contributed by atoms with Gasteiger partial charge in [-0.2, -0.15) is 0 Å². The highest BCUT2D eigenvalue weighted by atomic mass is 32.1. The van der Waals surface area contributed by atoms with E-state index in [9.17, 15) is 14.4 Å². The lowest BCUT2D eigenvalue weighted by molar-refractivity contribution is -0.152. The van der Waals surface area contributed by atoms with Crippen LogP contribution in [0.25, 0.3) is 0 Å². The lowest BCUT2D eigenvalue weighted by Crippen LogP contribution is -2.42. The van der Waals surface area contributed by atoms with Crippen LogP contribution >= 0.6 is 11.3 Å². The van der Waals surface area contributed by atoms with Crippen molar-refractivity contribution < 1.29 is 28.7 Å². The van der Waals surface area contributed by atoms with Gasteiger partial charge in [-0.1, -0.05) is 6.92 Å². The first-order valence-corrected chi connectivity index (χ1v) is 13.9. The van der Waals surface area contributed by atoms with Crippen LogP contribution in [0.15, 0.2) is 6.07 Å². The van der Waals surface area contributed by atoms with Crippen LogP contribution in [0.1, 0.15) is 101 Å². The summed E-state index contributed by atoms with van der Waals surface area (Å²) in [5.74, 6) is 0.536. The van der Waals surface area contributed by atoms with Gasteiger partial charge in [-0.15, -0.1) is 16.4 Å². The van der Waals surface area contributed by atoms with Crippen LogP contribution < -0.4 is 4.90 Å². The summed E-state index contributed by atoms with van der Waals surface area (Å²) in [4.78, 5) is 46.7. The zero-order valence-electron chi connectivity index (χ0n) is 22.8. The maximum absolute atomic E-state index is 13.7. The minimum absolute atomic E-state index is 0.00658. The number of hydroxylamine groups is 2. The Balaban J connectivity index is 1.76. The largest absolute Gasteiger partial charge is 0.528 e. The smallest absolute Gasteiger partial charge is 0.465 e. The monoisotopic (exact) mass is 522 g/mol. The van der Waals surface area contributed by atoms with Gasteiger partial charge in [0.25, 0.3) is 0 Å². The van der Waals surface area contributed by atoms with Crippen molar-refractivity contribution in [3.8, 4) is 0 Å². The van der Waals surface area contributed by atoms with Crippen LogP contribution in [0.4, 0.5) is 9.80 Å². The molecule has 2 aliphatic rings. The van der Waals surface area contributed by atoms with Crippen molar-refractivity contribution in [1.82, 2.24) is 5.06 Å². The van der Waals surface area contributed by atoms with Crippen molar-refractivity contribution in [1.29, 1.82) is 0 Å². The van der Waals surface area contributed by atoms with Crippen molar-refractivity contribution >= 4 is 34.4 Å². The maximum atomic E-state index is 13.7. The molecule has 1 aromatic rings. The van der Waals surface area contributed by atoms with Crippen molar-refractivity contribution in [2.75, 3.05) is 25.1 Å². The number of piperidine rings is 1. The molecule has 0 N–H and O–H groups in total. The first kappa shape index (κ1) is 28.4. The van der Waals surface area contributed by atoms with Crippen LogP contribution in [-0.4, -0.2) is 54.9 Å². The molecule has 1 saturated carbocycles. The van der Waals surface area contributed by atoms with Gasteiger partial charge >= 0.3 is 12.1 Å². The summed E-state index contributed by atoms with van der Waals surface area (Å²) < 4.78 is 10.3. The molecule has 0 radical (unpaired) electrons. The van der Waals surface area contributed by atoms with Gasteiger partial charge in [0.15, 0.2) is 0 Å². The minimum Gasteiger partial charge on any atom is -0.465 e. The summed E-state index contributed by atoms with van der Waals surface area (Å²) in [6.07, 6.45) is 4.74. The number of nitrogens with zero attached hydrogens (tertiary/aromatic N) is 2. The molecule has 0 aromatic carbocycles. The number of rotatable bonds is 6. The highest BCUT2D eigenvalue weighted by Gasteiger charge is 2.35. The fraction of sp³-hybridized carbons (Fsp3) is 0.741. The van der Waals surface area contributed by atoms with Gasteiger partial charge < -0.3 is 19.2 Å². The van der Waals surface area contributed by atoms with E-state index in [2.05, 4.69) is 6.92 Å². The summed E-state index contributed by atoms with van der Waals surface area (Å²) in [7, 11) is 1.38. The van der Waals surface area contributed by atoms with Crippen molar-refractivity contribution in [2.24, 2.45) is 11.8 Å². The van der Waals surface area contributed by atoms with Gasteiger partial charge in [-0.05, 0) is 91.0 Å². The molecule has 0 atom stereocenters. The second-order valence-corrected chi connectivity index (χ2v) is 12.4. The SMILES string of the molecule is COC(=O)c1cc(C2CCN(OC(=O)OC(C)(C)C)CC2)sc1N(C(=O)[C@H]1CC[C@H](C)CC1)C(C)C. The summed E-state index contributed by atoms with van der Waals surface area (Å²) in [6.45, 7) is 12.8. The second kappa shape index (κ2) is 11.9. The molecule has 3 rings (SSSR count). The van der Waals surface area contributed by atoms with Crippen LogP contribution in [0.3, 0.4) is 0 Å². The van der Waals surface area contributed by atoms with Crippen LogP contribution in [0, 0.1) is 11.8 Å². The maximum Gasteiger partial charge on any atom is 0.528 e. The average Bonchev–Trinajstić information content (AvgIpc) is 3.22. The molecule has 0 unspecified atom stereocenters. The van der Waals surface area contributed by atoms with Crippen LogP contribution in [-0.2, 0) is 19.1 Å². The molecule has 36 heavy (non-hydrogen) atoms. The Morgan fingerprint density at radius 2 is 1.67 bits per heavy atom. The predicted octanol–water partition coefficient (Wildman–Crippen LogP) is 6.15. The number of hydrogen-bond acceptors (Lipinski definition) is 8. The molecular weight excluding hydrogens is 480 g/mol. The number of hydrogen-bond donors (Lipinski definition) is 0. The normalized spacial score (nSPS) is 21.8. The highest BCUT2D eigenvalue weighted by molar-refractivity contribution is 7.16. The van der Waals surface area contributed by atoms with Gasteiger partial charge in [-0.25, -0.2) is 9.59 Å². The topological polar surface area (TPSA) is 85.4 Å². The fourth-order valence-electron chi connectivity index (χ4n) is 4.93. The summed E-state index contributed by atoms with van der Waals surface area (Å²) in [5, 5.41) is 2.32. The number of anilines is 1. The number of ether oxygens (including phenoxy) is 2. The Hall–Kier alpha value is -2.13. The van der Waals surface area contributed by atoms with Gasteiger partial charge in [-0.3, -0.25) is 4.79 Å². The fourth-order valence-corrected chi connectivity index (χ4v) is 6.39. The van der Waals surface area contributed by atoms with Crippen LogP contribution in [0.5, 0.6) is 0 Å². The van der Waals surface area contributed by atoms with E-state index >= 15 is 0 Å². The van der Waals surface area contributed by atoms with Gasteiger partial charge in [0, 0.05) is 29.9 Å². The molecule has 2 fully saturated rings. The van der Waals surface area contributed by atoms with Crippen molar-refractivity contribution in [2.45, 2.75) is 97.6 Å². The van der Waals surface area contributed by atoms with E-state index in [4.69, 9.17) is 14.3 Å². The molecular formula is C27H42N2O6S.